The molecule has 1 unspecified atom stereocenters. The minimum absolute atomic E-state index is 0.0962. The van der Waals surface area contributed by atoms with Crippen molar-refractivity contribution in [3.8, 4) is 0 Å². The first-order valence-corrected chi connectivity index (χ1v) is 12.6. The number of carbonyl (C=O) groups is 4. The number of urea groups is 1. The molecule has 0 fully saturated rings. The summed E-state index contributed by atoms with van der Waals surface area (Å²) in [6, 6.07) is 5.30. The van der Waals surface area contributed by atoms with Crippen molar-refractivity contribution in [3.05, 3.63) is 29.8 Å². The number of anilines is 1. The van der Waals surface area contributed by atoms with Crippen LogP contribution >= 0.6 is 0 Å². The summed E-state index contributed by atoms with van der Waals surface area (Å²) in [5.74, 6) is -0.888. The van der Waals surface area contributed by atoms with Gasteiger partial charge in [0.2, 0.25) is 11.8 Å². The Kier molecular flexibility index (Phi) is 22.3. The number of benzene rings is 1. The lowest BCUT2D eigenvalue weighted by Gasteiger charge is -2.18. The standard InChI is InChI=1S/C20H33N7O5.C3H8.C2H6/c1-23-10-11-27(2)20(31)32-13-14-5-7-15(8-6-14)25-18(29)16(26-17(28)12-21)4-3-9-24-19(22)30;1-3-2;1-2/h5-8,16,23H,3-4,9-13,21H2,1-2H3,(H,25,29)(H,26,28)(H3,22,24,30);3H2,1-2H3;1-2H3. The van der Waals surface area contributed by atoms with Gasteiger partial charge in [0.15, 0.2) is 0 Å². The largest absolute Gasteiger partial charge is 0.445 e. The monoisotopic (exact) mass is 525 g/mol. The first-order chi connectivity index (χ1) is 17.7. The van der Waals surface area contributed by atoms with Crippen molar-refractivity contribution in [3.63, 3.8) is 0 Å². The molecule has 0 aromatic heterocycles. The van der Waals surface area contributed by atoms with Gasteiger partial charge in [0.05, 0.1) is 6.54 Å². The lowest BCUT2D eigenvalue weighted by molar-refractivity contribution is -0.125. The summed E-state index contributed by atoms with van der Waals surface area (Å²) in [6.07, 6.45) is 1.54. The maximum atomic E-state index is 12.6. The minimum Gasteiger partial charge on any atom is -0.445 e. The highest BCUT2D eigenvalue weighted by Gasteiger charge is 2.20. The van der Waals surface area contributed by atoms with Crippen molar-refractivity contribution in [2.45, 2.75) is 59.6 Å². The van der Waals surface area contributed by atoms with E-state index in [4.69, 9.17) is 16.2 Å². The Morgan fingerprint density at radius 2 is 1.65 bits per heavy atom. The van der Waals surface area contributed by atoms with E-state index in [1.165, 1.54) is 11.3 Å². The Labute approximate surface area is 221 Å². The zero-order chi connectivity index (χ0) is 28.6. The van der Waals surface area contributed by atoms with Gasteiger partial charge in [0.1, 0.15) is 12.6 Å². The van der Waals surface area contributed by atoms with Gasteiger partial charge in [-0.1, -0.05) is 46.2 Å². The molecule has 1 atom stereocenters. The number of nitrogens with zero attached hydrogens (tertiary/aromatic N) is 1. The summed E-state index contributed by atoms with van der Waals surface area (Å²) in [5.41, 5.74) is 11.6. The fourth-order valence-electron chi connectivity index (χ4n) is 2.58. The van der Waals surface area contributed by atoms with Gasteiger partial charge < -0.3 is 42.4 Å². The molecule has 1 aromatic carbocycles. The molecule has 8 N–H and O–H groups in total. The number of carbonyl (C=O) groups excluding carboxylic acids is 4. The number of likely N-dealkylation sites (N-methyl/N-ethyl adjacent to an activating group) is 2. The molecule has 0 spiro atoms. The summed E-state index contributed by atoms with van der Waals surface area (Å²) in [5, 5.41) is 10.7. The molecule has 1 rings (SSSR count). The number of rotatable bonds is 13. The van der Waals surface area contributed by atoms with E-state index in [1.807, 2.05) is 13.8 Å². The average molecular weight is 526 g/mol. The van der Waals surface area contributed by atoms with E-state index in [-0.39, 0.29) is 26.1 Å². The third-order valence-corrected chi connectivity index (χ3v) is 4.40. The molecule has 12 nitrogen and oxygen atoms in total. The number of nitrogens with two attached hydrogens (primary N) is 2. The van der Waals surface area contributed by atoms with Crippen LogP contribution in [0.1, 0.15) is 52.5 Å². The zero-order valence-corrected chi connectivity index (χ0v) is 23.2. The minimum atomic E-state index is -0.825. The van der Waals surface area contributed by atoms with Crippen LogP contribution in [0.25, 0.3) is 0 Å². The van der Waals surface area contributed by atoms with Gasteiger partial charge in [-0.2, -0.15) is 0 Å². The average Bonchev–Trinajstić information content (AvgIpc) is 2.89. The van der Waals surface area contributed by atoms with Crippen LogP contribution in [0.2, 0.25) is 0 Å². The normalized spacial score (nSPS) is 10.4. The van der Waals surface area contributed by atoms with Crippen molar-refractivity contribution in [1.82, 2.24) is 20.9 Å². The van der Waals surface area contributed by atoms with Gasteiger partial charge in [-0.3, -0.25) is 9.59 Å². The lowest BCUT2D eigenvalue weighted by atomic mass is 10.1. The van der Waals surface area contributed by atoms with Gasteiger partial charge >= 0.3 is 12.1 Å². The van der Waals surface area contributed by atoms with E-state index < -0.39 is 30.0 Å². The highest BCUT2D eigenvalue weighted by atomic mass is 16.6. The van der Waals surface area contributed by atoms with Crippen LogP contribution in [0.4, 0.5) is 15.3 Å². The predicted octanol–water partition coefficient (Wildman–Crippen LogP) is 1.75. The molecule has 0 heterocycles. The Balaban J connectivity index is 0. The predicted molar refractivity (Wildman–Crippen MR) is 147 cm³/mol. The maximum absolute atomic E-state index is 12.6. The van der Waals surface area contributed by atoms with Crippen LogP contribution in [-0.2, 0) is 20.9 Å². The maximum Gasteiger partial charge on any atom is 0.409 e. The first-order valence-electron chi connectivity index (χ1n) is 12.6. The van der Waals surface area contributed by atoms with Crippen LogP contribution < -0.4 is 32.7 Å². The third kappa shape index (κ3) is 18.5. The number of amides is 5. The second kappa shape index (κ2) is 23.0. The number of ether oxygens (including phenoxy) is 1. The molecule has 0 radical (unpaired) electrons. The van der Waals surface area contributed by atoms with Gasteiger partial charge in [-0.05, 0) is 37.6 Å². The molecule has 37 heavy (non-hydrogen) atoms. The van der Waals surface area contributed by atoms with Gasteiger partial charge in [-0.25, -0.2) is 9.59 Å². The topological polar surface area (TPSA) is 181 Å². The molecule has 212 valence electrons. The number of hydrogen-bond acceptors (Lipinski definition) is 7. The molecule has 1 aromatic rings. The first kappa shape index (κ1) is 35.8. The van der Waals surface area contributed by atoms with E-state index in [9.17, 15) is 19.2 Å². The fraction of sp³-hybridized carbons (Fsp3) is 0.600. The molecule has 0 saturated carbocycles. The molecular formula is C25H47N7O5. The van der Waals surface area contributed by atoms with E-state index in [0.717, 1.165) is 5.56 Å². The van der Waals surface area contributed by atoms with Crippen molar-refractivity contribution in [2.75, 3.05) is 45.6 Å². The van der Waals surface area contributed by atoms with E-state index in [2.05, 4.69) is 35.1 Å². The van der Waals surface area contributed by atoms with Crippen LogP contribution in [0, 0.1) is 0 Å². The Bertz CT molecular complexity index is 775. The van der Waals surface area contributed by atoms with Crippen LogP contribution in [-0.4, -0.2) is 75.2 Å². The van der Waals surface area contributed by atoms with Crippen molar-refractivity contribution in [1.29, 1.82) is 0 Å². The Hall–Kier alpha value is -3.38. The molecule has 0 saturated heterocycles. The summed E-state index contributed by atoms with van der Waals surface area (Å²) in [6.45, 7) is 9.56. The SMILES string of the molecule is CC.CCC.CNCCN(C)C(=O)OCc1ccc(NC(=O)C(CCCNC(N)=O)NC(=O)CN)cc1. The zero-order valence-electron chi connectivity index (χ0n) is 23.2. The molecule has 0 aliphatic rings. The van der Waals surface area contributed by atoms with Crippen molar-refractivity contribution in [2.24, 2.45) is 11.5 Å². The number of primary amides is 1. The van der Waals surface area contributed by atoms with Crippen LogP contribution in [0.15, 0.2) is 24.3 Å². The molecule has 5 amide bonds. The summed E-state index contributed by atoms with van der Waals surface area (Å²) in [4.78, 5) is 48.4. The smallest absolute Gasteiger partial charge is 0.409 e. The second-order valence-electron chi connectivity index (χ2n) is 7.73. The highest BCUT2D eigenvalue weighted by molar-refractivity contribution is 5.97. The summed E-state index contributed by atoms with van der Waals surface area (Å²) < 4.78 is 5.25. The molecule has 0 aliphatic heterocycles. The van der Waals surface area contributed by atoms with Gasteiger partial charge in [0.25, 0.3) is 0 Å². The van der Waals surface area contributed by atoms with Crippen LogP contribution in [0.3, 0.4) is 0 Å². The third-order valence-electron chi connectivity index (χ3n) is 4.40. The van der Waals surface area contributed by atoms with Crippen molar-refractivity contribution < 1.29 is 23.9 Å². The second-order valence-corrected chi connectivity index (χ2v) is 7.73. The summed E-state index contributed by atoms with van der Waals surface area (Å²) >= 11 is 0. The lowest BCUT2D eigenvalue weighted by Crippen LogP contribution is -2.46. The van der Waals surface area contributed by atoms with E-state index >= 15 is 0 Å². The van der Waals surface area contributed by atoms with Crippen molar-refractivity contribution >= 4 is 29.6 Å². The van der Waals surface area contributed by atoms with Gasteiger partial charge in [0, 0.05) is 32.4 Å². The van der Waals surface area contributed by atoms with E-state index in [1.54, 1.807) is 38.4 Å². The van der Waals surface area contributed by atoms with E-state index in [0.29, 0.717) is 25.2 Å². The highest BCUT2D eigenvalue weighted by Crippen LogP contribution is 2.12. The molecule has 12 heteroatoms. The summed E-state index contributed by atoms with van der Waals surface area (Å²) in [7, 11) is 3.46. The number of nitrogens with one attached hydrogen (secondary N) is 4. The van der Waals surface area contributed by atoms with Crippen LogP contribution in [0.5, 0.6) is 0 Å². The molecular weight excluding hydrogens is 478 g/mol. The number of hydrogen-bond donors (Lipinski definition) is 6. The Morgan fingerprint density at radius 1 is 1.05 bits per heavy atom. The van der Waals surface area contributed by atoms with Gasteiger partial charge in [-0.15, -0.1) is 0 Å². The Morgan fingerprint density at radius 3 is 2.16 bits per heavy atom. The molecule has 0 aliphatic carbocycles. The molecule has 0 bridgehead atoms. The fourth-order valence-corrected chi connectivity index (χ4v) is 2.58. The quantitative estimate of drug-likeness (QED) is 0.212.